The van der Waals surface area contributed by atoms with Gasteiger partial charge < -0.3 is 9.47 Å². The van der Waals surface area contributed by atoms with E-state index in [9.17, 15) is 14.0 Å². The van der Waals surface area contributed by atoms with Gasteiger partial charge in [0.25, 0.3) is 5.24 Å². The van der Waals surface area contributed by atoms with E-state index in [-0.39, 0.29) is 17.4 Å². The van der Waals surface area contributed by atoms with Crippen LogP contribution in [-0.4, -0.2) is 11.0 Å². The summed E-state index contributed by atoms with van der Waals surface area (Å²) in [6.07, 6.45) is 1.85. The molecular formula is C38H30FNO4S. The molecule has 1 amide bonds. The Labute approximate surface area is 265 Å². The molecule has 7 heteroatoms. The van der Waals surface area contributed by atoms with Crippen LogP contribution < -0.4 is 14.4 Å². The number of rotatable bonds is 11. The molecule has 0 saturated carbocycles. The molecule has 1 aliphatic heterocycles. The van der Waals surface area contributed by atoms with E-state index in [1.165, 1.54) is 24.3 Å². The summed E-state index contributed by atoms with van der Waals surface area (Å²) in [5, 5.41) is -0.162. The number of allylic oxidation sites excluding steroid dienone is 1. The molecule has 1 aliphatic rings. The van der Waals surface area contributed by atoms with E-state index in [1.807, 2.05) is 109 Å². The van der Waals surface area contributed by atoms with Crippen molar-refractivity contribution < 1.29 is 23.5 Å². The van der Waals surface area contributed by atoms with Gasteiger partial charge in [0.1, 0.15) is 30.5 Å². The van der Waals surface area contributed by atoms with Crippen molar-refractivity contribution in [3.63, 3.8) is 0 Å². The lowest BCUT2D eigenvalue weighted by molar-refractivity contribution is 0.0995. The van der Waals surface area contributed by atoms with Crippen LogP contribution in [0.25, 0.3) is 0 Å². The summed E-state index contributed by atoms with van der Waals surface area (Å²) in [6.45, 7) is 0.708. The fraction of sp³-hybridized carbons (Fsp3) is 0.105. The molecule has 0 radical (unpaired) electrons. The van der Waals surface area contributed by atoms with Crippen molar-refractivity contribution in [2.24, 2.45) is 0 Å². The monoisotopic (exact) mass is 615 g/mol. The molecule has 0 spiro atoms. The number of hydrogen-bond acceptors (Lipinski definition) is 5. The SMILES string of the molecule is O=C(CC=C1SC(=O)N(c2ccccc2)[C@@H]1c1ccc(OCc2ccccc2)cc1OCc1ccccc1)c1ccc(F)cc1. The van der Waals surface area contributed by atoms with Gasteiger partial charge in [0.2, 0.25) is 0 Å². The van der Waals surface area contributed by atoms with Crippen molar-refractivity contribution in [1.29, 1.82) is 0 Å². The summed E-state index contributed by atoms with van der Waals surface area (Å²) in [5.41, 5.74) is 3.94. The van der Waals surface area contributed by atoms with Gasteiger partial charge in [0, 0.05) is 34.2 Å². The largest absolute Gasteiger partial charge is 0.489 e. The van der Waals surface area contributed by atoms with Gasteiger partial charge in [-0.25, -0.2) is 4.39 Å². The van der Waals surface area contributed by atoms with E-state index in [0.717, 1.165) is 34.1 Å². The van der Waals surface area contributed by atoms with Crippen molar-refractivity contribution in [2.45, 2.75) is 25.7 Å². The number of carbonyl (C=O) groups excluding carboxylic acids is 2. The first-order valence-corrected chi connectivity index (χ1v) is 15.4. The molecule has 1 saturated heterocycles. The smallest absolute Gasteiger partial charge is 0.291 e. The number of halogens is 1. The van der Waals surface area contributed by atoms with E-state index in [4.69, 9.17) is 9.47 Å². The van der Waals surface area contributed by atoms with Crippen LogP contribution in [0.5, 0.6) is 11.5 Å². The van der Waals surface area contributed by atoms with Gasteiger partial charge in [-0.3, -0.25) is 14.5 Å². The maximum Gasteiger partial charge on any atom is 0.291 e. The van der Waals surface area contributed by atoms with Crippen molar-refractivity contribution in [3.8, 4) is 11.5 Å². The maximum atomic E-state index is 13.6. The third kappa shape index (κ3) is 7.33. The highest BCUT2D eigenvalue weighted by Crippen LogP contribution is 2.50. The van der Waals surface area contributed by atoms with Crippen molar-refractivity contribution in [2.75, 3.05) is 4.90 Å². The summed E-state index contributed by atoms with van der Waals surface area (Å²) >= 11 is 1.10. The Kier molecular flexibility index (Phi) is 9.37. The summed E-state index contributed by atoms with van der Waals surface area (Å²) in [4.78, 5) is 29.1. The third-order valence-electron chi connectivity index (χ3n) is 7.38. The van der Waals surface area contributed by atoms with Crippen LogP contribution in [0.1, 0.15) is 39.5 Å². The van der Waals surface area contributed by atoms with Crippen LogP contribution in [0.15, 0.2) is 144 Å². The van der Waals surface area contributed by atoms with E-state index in [1.54, 1.807) is 11.0 Å². The molecule has 0 unspecified atom stereocenters. The minimum atomic E-state index is -0.542. The molecule has 0 aromatic heterocycles. The highest BCUT2D eigenvalue weighted by Gasteiger charge is 2.40. The van der Waals surface area contributed by atoms with E-state index in [2.05, 4.69) is 0 Å². The molecule has 1 atom stereocenters. The third-order valence-corrected chi connectivity index (χ3v) is 8.38. The Morgan fingerprint density at radius 2 is 1.36 bits per heavy atom. The Hall–Kier alpha value is -5.14. The molecular weight excluding hydrogens is 585 g/mol. The van der Waals surface area contributed by atoms with E-state index < -0.39 is 11.9 Å². The number of amides is 1. The van der Waals surface area contributed by atoms with E-state index >= 15 is 0 Å². The highest BCUT2D eigenvalue weighted by molar-refractivity contribution is 8.17. The van der Waals surface area contributed by atoms with Crippen molar-refractivity contribution in [3.05, 3.63) is 173 Å². The van der Waals surface area contributed by atoms with Gasteiger partial charge in [-0.2, -0.15) is 0 Å². The Morgan fingerprint density at radius 3 is 2.00 bits per heavy atom. The Bertz CT molecular complexity index is 1800. The normalized spacial score (nSPS) is 15.3. The molecule has 0 N–H and O–H groups in total. The fourth-order valence-corrected chi connectivity index (χ4v) is 6.13. The number of nitrogens with zero attached hydrogens (tertiary/aromatic N) is 1. The summed E-state index contributed by atoms with van der Waals surface area (Å²) in [5.74, 6) is 0.629. The average molecular weight is 616 g/mol. The zero-order valence-corrected chi connectivity index (χ0v) is 25.2. The van der Waals surface area contributed by atoms with Crippen LogP contribution in [0.3, 0.4) is 0 Å². The predicted molar refractivity (Wildman–Crippen MR) is 176 cm³/mol. The minimum Gasteiger partial charge on any atom is -0.489 e. The van der Waals surface area contributed by atoms with Gasteiger partial charge >= 0.3 is 0 Å². The molecule has 6 rings (SSSR count). The molecule has 5 aromatic carbocycles. The molecule has 224 valence electrons. The molecule has 5 nitrogen and oxygen atoms in total. The lowest BCUT2D eigenvalue weighted by Gasteiger charge is -2.27. The maximum absolute atomic E-state index is 13.6. The number of Topliss-reactive ketones (excluding diaryl/α,β-unsaturated/α-hetero) is 1. The molecule has 45 heavy (non-hydrogen) atoms. The van der Waals surface area contributed by atoms with Crippen LogP contribution in [0.2, 0.25) is 0 Å². The Balaban J connectivity index is 1.37. The number of hydrogen-bond donors (Lipinski definition) is 0. The van der Waals surface area contributed by atoms with E-state index in [0.29, 0.717) is 35.2 Å². The number of ketones is 1. The lowest BCUT2D eigenvalue weighted by Crippen LogP contribution is -2.26. The number of benzene rings is 5. The topological polar surface area (TPSA) is 55.8 Å². The minimum absolute atomic E-state index is 0.0544. The second kappa shape index (κ2) is 14.1. The summed E-state index contributed by atoms with van der Waals surface area (Å²) in [6, 6.07) is 39.8. The van der Waals surface area contributed by atoms with Crippen LogP contribution in [-0.2, 0) is 13.2 Å². The lowest BCUT2D eigenvalue weighted by atomic mass is 10.0. The molecule has 1 heterocycles. The molecule has 5 aromatic rings. The second-order valence-corrected chi connectivity index (χ2v) is 11.5. The van der Waals surface area contributed by atoms with Crippen molar-refractivity contribution in [1.82, 2.24) is 0 Å². The molecule has 1 fully saturated rings. The first kappa shape index (κ1) is 29.9. The van der Waals surface area contributed by atoms with Crippen molar-refractivity contribution >= 4 is 28.5 Å². The second-order valence-electron chi connectivity index (χ2n) is 10.5. The number of carbonyl (C=O) groups is 2. The zero-order valence-electron chi connectivity index (χ0n) is 24.3. The fourth-order valence-electron chi connectivity index (χ4n) is 5.11. The number of thioether (sulfide) groups is 1. The zero-order chi connectivity index (χ0) is 31.0. The molecule has 0 aliphatic carbocycles. The average Bonchev–Trinajstić information content (AvgIpc) is 3.42. The number of anilines is 1. The van der Waals surface area contributed by atoms with Gasteiger partial charge in [-0.15, -0.1) is 0 Å². The quantitative estimate of drug-likeness (QED) is 0.139. The van der Waals surface area contributed by atoms with Gasteiger partial charge in [0.05, 0.1) is 6.04 Å². The predicted octanol–water partition coefficient (Wildman–Crippen LogP) is 9.56. The highest BCUT2D eigenvalue weighted by atomic mass is 32.2. The first-order chi connectivity index (χ1) is 22.0. The summed E-state index contributed by atoms with van der Waals surface area (Å²) < 4.78 is 26.0. The van der Waals surface area contributed by atoms with Crippen LogP contribution in [0.4, 0.5) is 14.9 Å². The standard InChI is InChI=1S/C38H30FNO4S/c39-30-18-16-29(17-19-30)34(41)22-23-36-37(40(38(42)45-36)31-14-8-3-9-15-31)33-21-20-32(43-25-27-10-4-1-5-11-27)24-35(33)44-26-28-12-6-2-7-13-28/h1-21,23-24,37H,22,25-26H2/t37-/m1/s1. The van der Waals surface area contributed by atoms with Gasteiger partial charge in [-0.05, 0) is 71.4 Å². The van der Waals surface area contributed by atoms with Crippen LogP contribution in [0, 0.1) is 5.82 Å². The molecule has 0 bridgehead atoms. The van der Waals surface area contributed by atoms with Gasteiger partial charge in [-0.1, -0.05) is 84.9 Å². The number of ether oxygens (including phenoxy) is 2. The number of para-hydroxylation sites is 1. The van der Waals surface area contributed by atoms with Crippen LogP contribution >= 0.6 is 11.8 Å². The van der Waals surface area contributed by atoms with Gasteiger partial charge in [0.15, 0.2) is 5.78 Å². The Morgan fingerprint density at radius 1 is 0.756 bits per heavy atom. The summed E-state index contributed by atoms with van der Waals surface area (Å²) in [7, 11) is 0. The first-order valence-electron chi connectivity index (χ1n) is 14.6.